The van der Waals surface area contributed by atoms with Crippen molar-refractivity contribution < 1.29 is 78.1 Å². The summed E-state index contributed by atoms with van der Waals surface area (Å²) in [5, 5.41) is 75.8. The SMILES string of the molecule is CC[C@@H](CO)NCCN[C@@H](CC)CO.CC[C@H]1OC(=O)[C@H](C)[C@@H](OC2CC(C)(OC)C(O)C(C)O2)C(C)[C@@H](OC2OC(C)CC(N(C)C)C2O)[C@](C)(O)C[C@@H](C)[C@@H]2N[C@@H](COCCOC)OC([C@H]2C)[C@]1(C)O. The van der Waals surface area contributed by atoms with E-state index in [-0.39, 0.29) is 81.2 Å². The third-order valence-corrected chi connectivity index (χ3v) is 15.9. The number of esters is 1. The fraction of sp³-hybridized carbons (Fsp3) is 0.981. The molecule has 0 aromatic heterocycles. The number of rotatable bonds is 21. The van der Waals surface area contributed by atoms with E-state index in [9.17, 15) is 25.2 Å². The number of cyclic esters (lactones) is 1. The number of methoxy groups -OCH3 is 2. The van der Waals surface area contributed by atoms with Crippen molar-refractivity contribution in [1.29, 1.82) is 0 Å². The van der Waals surface area contributed by atoms with Gasteiger partial charge in [0.15, 0.2) is 12.6 Å². The molecule has 0 aliphatic carbocycles. The van der Waals surface area contributed by atoms with Crippen LogP contribution in [0, 0.1) is 23.7 Å². The van der Waals surface area contributed by atoms with Gasteiger partial charge in [0.25, 0.3) is 0 Å². The van der Waals surface area contributed by atoms with Gasteiger partial charge in [0.05, 0.1) is 80.7 Å². The minimum Gasteiger partial charge on any atom is -0.459 e. The summed E-state index contributed by atoms with van der Waals surface area (Å²) in [4.78, 5) is 16.4. The molecule has 4 rings (SSSR count). The van der Waals surface area contributed by atoms with Crippen LogP contribution in [0.15, 0.2) is 0 Å². The average molecular weight is 1040 g/mol. The quantitative estimate of drug-likeness (QED) is 0.0588. The van der Waals surface area contributed by atoms with Crippen LogP contribution < -0.4 is 16.0 Å². The molecule has 20 heteroatoms. The molecule has 10 unspecified atom stereocenters. The smallest absolute Gasteiger partial charge is 0.311 e. The molecule has 4 aliphatic rings. The molecule has 72 heavy (non-hydrogen) atoms. The zero-order valence-electron chi connectivity index (χ0n) is 46.9. The van der Waals surface area contributed by atoms with Crippen LogP contribution in [0.25, 0.3) is 0 Å². The molecule has 0 aromatic carbocycles. The summed E-state index contributed by atoms with van der Waals surface area (Å²) in [5.74, 6) is -2.95. The first-order valence-electron chi connectivity index (χ1n) is 26.8. The lowest BCUT2D eigenvalue weighted by atomic mass is 9.71. The Morgan fingerprint density at radius 1 is 0.847 bits per heavy atom. The number of fused-ring (bicyclic) bond motifs is 2. The zero-order chi connectivity index (χ0) is 54.3. The molecule has 2 bridgehead atoms. The predicted octanol–water partition coefficient (Wildman–Crippen LogP) is 1.91. The van der Waals surface area contributed by atoms with Gasteiger partial charge >= 0.3 is 5.97 Å². The van der Waals surface area contributed by atoms with Gasteiger partial charge in [0, 0.05) is 69.7 Å². The predicted molar refractivity (Wildman–Crippen MR) is 272 cm³/mol. The van der Waals surface area contributed by atoms with Crippen molar-refractivity contribution >= 4 is 5.97 Å². The topological polar surface area (TPSA) is 261 Å². The Bertz CT molecular complexity index is 1520. The molecular formula is C52H102N4O16. The van der Waals surface area contributed by atoms with Gasteiger partial charge in [-0.25, -0.2) is 0 Å². The van der Waals surface area contributed by atoms with Crippen LogP contribution in [-0.4, -0.2) is 225 Å². The summed E-state index contributed by atoms with van der Waals surface area (Å²) in [6, 6.07) is -0.193. The Kier molecular flexibility index (Phi) is 27.1. The Morgan fingerprint density at radius 3 is 1.99 bits per heavy atom. The third-order valence-electron chi connectivity index (χ3n) is 15.9. The third kappa shape index (κ3) is 17.4. The van der Waals surface area contributed by atoms with E-state index in [4.69, 9.17) is 52.8 Å². The van der Waals surface area contributed by atoms with Crippen molar-refractivity contribution in [3.8, 4) is 0 Å². The summed E-state index contributed by atoms with van der Waals surface area (Å²) in [7, 11) is 6.90. The van der Waals surface area contributed by atoms with Crippen LogP contribution in [0.3, 0.4) is 0 Å². The number of hydrogen-bond acceptors (Lipinski definition) is 20. The number of carbonyl (C=O) groups is 1. The normalized spacial score (nSPS) is 42.2. The summed E-state index contributed by atoms with van der Waals surface area (Å²) in [6.07, 6.45) is -6.42. The first-order valence-corrected chi connectivity index (χ1v) is 26.8. The van der Waals surface area contributed by atoms with Gasteiger partial charge in [0.2, 0.25) is 0 Å². The summed E-state index contributed by atoms with van der Waals surface area (Å²) in [6.45, 7) is 25.2. The number of ether oxygens (including phenoxy) is 9. The van der Waals surface area contributed by atoms with Crippen molar-refractivity contribution in [2.75, 3.05) is 74.4 Å². The molecule has 9 N–H and O–H groups in total. The van der Waals surface area contributed by atoms with E-state index in [2.05, 4.69) is 16.0 Å². The Labute approximate surface area is 432 Å². The van der Waals surface area contributed by atoms with Crippen molar-refractivity contribution in [3.05, 3.63) is 0 Å². The molecule has 4 aliphatic heterocycles. The number of carbonyl (C=O) groups excluding carboxylic acids is 1. The van der Waals surface area contributed by atoms with E-state index in [1.165, 1.54) is 7.11 Å². The molecule has 0 saturated carbocycles. The first-order chi connectivity index (χ1) is 33.8. The summed E-state index contributed by atoms with van der Waals surface area (Å²) in [5.41, 5.74) is -4.27. The minimum atomic E-state index is -1.64. The molecular weight excluding hydrogens is 937 g/mol. The van der Waals surface area contributed by atoms with Crippen LogP contribution >= 0.6 is 0 Å². The van der Waals surface area contributed by atoms with E-state index in [1.54, 1.807) is 41.7 Å². The van der Waals surface area contributed by atoms with E-state index >= 15 is 0 Å². The molecule has 0 radical (unpaired) electrons. The standard InChI is InChI=1S/C42H78N2O14.C10H24N2O2/c1-15-29-42(10,49)37-24(4)32(43-30(56-37)21-52-17-16-50-13)22(2)19-40(8,48)36(58-39-33(45)28(44(11)12)18-23(3)53-39)25(5)34(26(6)38(47)55-29)57-31-20-41(9,51-14)35(46)27(7)54-31;1-3-9(7-13)11-5-6-12-10(4-2)8-14/h22-37,39,43,45-46,48-49H,15-21H2,1-14H3;9-14H,3-8H2,1-2H3/t22-,23?,24+,25?,26-,27?,28?,29-,30-,31?,32+,33?,34+,35?,36-,37?,39?,40-,41?,42-;9-,10-/m10/s1. The maximum Gasteiger partial charge on any atom is 0.311 e. The second-order valence-corrected chi connectivity index (χ2v) is 22.1. The molecule has 426 valence electrons. The van der Waals surface area contributed by atoms with Crippen LogP contribution in [0.4, 0.5) is 0 Å². The van der Waals surface area contributed by atoms with E-state index in [0.29, 0.717) is 19.6 Å². The molecule has 22 atom stereocenters. The summed E-state index contributed by atoms with van der Waals surface area (Å²) >= 11 is 0. The van der Waals surface area contributed by atoms with E-state index in [1.807, 2.05) is 67.5 Å². The lowest BCUT2D eigenvalue weighted by Gasteiger charge is -2.52. The molecule has 0 amide bonds. The monoisotopic (exact) mass is 1040 g/mol. The fourth-order valence-electron chi connectivity index (χ4n) is 11.2. The lowest BCUT2D eigenvalue weighted by molar-refractivity contribution is -0.318. The van der Waals surface area contributed by atoms with Crippen molar-refractivity contribution in [1.82, 2.24) is 20.9 Å². The minimum absolute atomic E-state index is 0.137. The number of aliphatic hydroxyl groups excluding tert-OH is 4. The molecule has 20 nitrogen and oxygen atoms in total. The highest BCUT2D eigenvalue weighted by atomic mass is 16.7. The molecule has 0 spiro atoms. The molecule has 4 saturated heterocycles. The van der Waals surface area contributed by atoms with E-state index < -0.39 is 96.1 Å². The number of nitrogens with one attached hydrogen (secondary N) is 3. The maximum absolute atomic E-state index is 14.5. The van der Waals surface area contributed by atoms with Gasteiger partial charge in [-0.05, 0) is 93.7 Å². The maximum atomic E-state index is 14.5. The second-order valence-electron chi connectivity index (χ2n) is 22.1. The zero-order valence-corrected chi connectivity index (χ0v) is 46.9. The number of aliphatic hydroxyl groups is 6. The first kappa shape index (κ1) is 65.0. The van der Waals surface area contributed by atoms with Gasteiger partial charge in [-0.2, -0.15) is 0 Å². The van der Waals surface area contributed by atoms with Crippen LogP contribution in [0.2, 0.25) is 0 Å². The van der Waals surface area contributed by atoms with Crippen molar-refractivity contribution in [2.45, 2.75) is 230 Å². The molecule has 0 aromatic rings. The van der Waals surface area contributed by atoms with Gasteiger partial charge in [-0.1, -0.05) is 41.5 Å². The molecule has 4 fully saturated rings. The lowest BCUT2D eigenvalue weighted by Crippen LogP contribution is -2.67. The number of hydrogen-bond donors (Lipinski definition) is 9. The molecule has 4 heterocycles. The Morgan fingerprint density at radius 2 is 1.46 bits per heavy atom. The van der Waals surface area contributed by atoms with Gasteiger partial charge in [-0.3, -0.25) is 10.1 Å². The average Bonchev–Trinajstić information content (AvgIpc) is 3.33. The van der Waals surface area contributed by atoms with Crippen molar-refractivity contribution in [2.24, 2.45) is 23.7 Å². The largest absolute Gasteiger partial charge is 0.459 e. The Balaban J connectivity index is 0.000000848. The van der Waals surface area contributed by atoms with Crippen LogP contribution in [0.1, 0.15) is 122 Å². The van der Waals surface area contributed by atoms with Crippen LogP contribution in [0.5, 0.6) is 0 Å². The van der Waals surface area contributed by atoms with Crippen LogP contribution in [-0.2, 0) is 47.4 Å². The highest BCUT2D eigenvalue weighted by Gasteiger charge is 2.55. The second kappa shape index (κ2) is 30.0. The van der Waals surface area contributed by atoms with Gasteiger partial charge in [-0.15, -0.1) is 0 Å². The van der Waals surface area contributed by atoms with E-state index in [0.717, 1.165) is 25.9 Å². The van der Waals surface area contributed by atoms with Crippen molar-refractivity contribution in [3.63, 3.8) is 0 Å². The van der Waals surface area contributed by atoms with Gasteiger partial charge in [0.1, 0.15) is 30.1 Å². The highest BCUT2D eigenvalue weighted by Crippen LogP contribution is 2.43. The van der Waals surface area contributed by atoms with Gasteiger partial charge < -0.3 is 88.8 Å². The fourth-order valence-corrected chi connectivity index (χ4v) is 11.2. The Hall–Kier alpha value is -1.25. The number of nitrogens with zero attached hydrogens (tertiary/aromatic N) is 1. The highest BCUT2D eigenvalue weighted by molar-refractivity contribution is 5.73. The summed E-state index contributed by atoms with van der Waals surface area (Å²) < 4.78 is 55.7. The number of likely N-dealkylation sites (N-methyl/N-ethyl adjacent to an activating group) is 1.